The van der Waals surface area contributed by atoms with E-state index in [1.165, 1.54) is 24.8 Å². The van der Waals surface area contributed by atoms with E-state index in [0.717, 1.165) is 58.7 Å². The molecule has 3 heterocycles. The number of benzene rings is 1. The quantitative estimate of drug-likeness (QED) is 0.548. The van der Waals surface area contributed by atoms with E-state index in [-0.39, 0.29) is 29.0 Å². The molecule has 5 nitrogen and oxygen atoms in total. The minimum absolute atomic E-state index is 0.0490. The van der Waals surface area contributed by atoms with Crippen molar-refractivity contribution in [3.8, 4) is 0 Å². The van der Waals surface area contributed by atoms with E-state index in [4.69, 9.17) is 9.47 Å². The fourth-order valence-corrected chi connectivity index (χ4v) is 7.42. The van der Waals surface area contributed by atoms with Crippen molar-refractivity contribution in [1.29, 1.82) is 0 Å². The van der Waals surface area contributed by atoms with Gasteiger partial charge in [-0.3, -0.25) is 14.6 Å². The fourth-order valence-electron chi connectivity index (χ4n) is 7.42. The molecule has 3 saturated heterocycles. The van der Waals surface area contributed by atoms with Gasteiger partial charge in [-0.1, -0.05) is 37.3 Å². The molecule has 1 aromatic rings. The van der Waals surface area contributed by atoms with E-state index in [9.17, 15) is 4.79 Å². The Morgan fingerprint density at radius 2 is 1.81 bits per heavy atom. The maximum atomic E-state index is 12.9. The topological polar surface area (TPSA) is 45.3 Å². The number of ether oxygens (including phenoxy) is 2. The van der Waals surface area contributed by atoms with Gasteiger partial charge in [-0.2, -0.15) is 0 Å². The van der Waals surface area contributed by atoms with Gasteiger partial charge < -0.3 is 9.47 Å². The predicted molar refractivity (Wildman–Crippen MR) is 118 cm³/mol. The summed E-state index contributed by atoms with van der Waals surface area (Å²) < 4.78 is 12.1. The van der Waals surface area contributed by atoms with Crippen molar-refractivity contribution in [3.63, 3.8) is 0 Å². The van der Waals surface area contributed by atoms with Crippen LogP contribution in [0, 0.1) is 23.2 Å². The molecule has 6 unspecified atom stereocenters. The molecule has 0 aromatic heterocycles. The Balaban J connectivity index is 1.08. The van der Waals surface area contributed by atoms with Crippen molar-refractivity contribution < 1.29 is 14.3 Å². The van der Waals surface area contributed by atoms with E-state index in [0.29, 0.717) is 11.8 Å². The number of epoxide rings is 1. The first-order valence-electron chi connectivity index (χ1n) is 12.4. The molecule has 3 aliphatic heterocycles. The first kappa shape index (κ1) is 20.2. The van der Waals surface area contributed by atoms with Crippen molar-refractivity contribution >= 4 is 5.97 Å². The minimum Gasteiger partial charge on any atom is -0.462 e. The Morgan fingerprint density at radius 3 is 2.55 bits per heavy atom. The number of carbonyl (C=O) groups excluding carboxylic acids is 1. The number of fused-ring (bicyclic) bond motifs is 3. The van der Waals surface area contributed by atoms with Crippen LogP contribution in [-0.4, -0.2) is 66.8 Å². The molecule has 0 amide bonds. The molecule has 1 aromatic carbocycles. The smallest absolute Gasteiger partial charge is 0.310 e. The van der Waals surface area contributed by atoms with Crippen molar-refractivity contribution in [1.82, 2.24) is 9.80 Å². The number of rotatable bonds is 4. The Hall–Kier alpha value is -1.43. The molecule has 5 aliphatic rings. The molecule has 0 radical (unpaired) electrons. The average Bonchev–Trinajstić information content (AvgIpc) is 3.47. The highest BCUT2D eigenvalue weighted by Gasteiger charge is 2.65. The highest BCUT2D eigenvalue weighted by Crippen LogP contribution is 2.62. The Labute approximate surface area is 186 Å². The van der Waals surface area contributed by atoms with Gasteiger partial charge in [0.15, 0.2) is 0 Å². The molecule has 2 aliphatic carbocycles. The monoisotopic (exact) mass is 424 g/mol. The van der Waals surface area contributed by atoms with Gasteiger partial charge in [-0.15, -0.1) is 0 Å². The normalized spacial score (nSPS) is 42.8. The number of nitrogens with zero attached hydrogens (tertiary/aromatic N) is 2. The van der Waals surface area contributed by atoms with Crippen LogP contribution in [0.1, 0.15) is 44.6 Å². The first-order chi connectivity index (χ1) is 15.0. The molecule has 6 rings (SSSR count). The summed E-state index contributed by atoms with van der Waals surface area (Å²) in [5.41, 5.74) is 1.80. The van der Waals surface area contributed by atoms with Crippen molar-refractivity contribution in [2.24, 2.45) is 23.2 Å². The Bertz CT molecular complexity index is 817. The van der Waals surface area contributed by atoms with Crippen molar-refractivity contribution in [2.45, 2.75) is 57.3 Å². The van der Waals surface area contributed by atoms with Gasteiger partial charge in [0, 0.05) is 45.2 Å². The summed E-state index contributed by atoms with van der Waals surface area (Å²) in [6, 6.07) is 10.7. The highest BCUT2D eigenvalue weighted by molar-refractivity contribution is 5.75. The number of piperazine rings is 1. The number of hydrogen-bond acceptors (Lipinski definition) is 5. The van der Waals surface area contributed by atoms with Crippen LogP contribution in [0.5, 0.6) is 0 Å². The predicted octanol–water partition coefficient (Wildman–Crippen LogP) is 3.33. The fraction of sp³-hybridized carbons (Fsp3) is 0.731. The maximum Gasteiger partial charge on any atom is 0.310 e. The third kappa shape index (κ3) is 3.63. The average molecular weight is 425 g/mol. The highest BCUT2D eigenvalue weighted by atomic mass is 16.6. The lowest BCUT2D eigenvalue weighted by Gasteiger charge is -2.51. The zero-order chi connectivity index (χ0) is 21.1. The van der Waals surface area contributed by atoms with Gasteiger partial charge in [0.05, 0.1) is 18.1 Å². The summed E-state index contributed by atoms with van der Waals surface area (Å²) in [6.07, 6.45) is 6.03. The lowest BCUT2D eigenvalue weighted by Crippen LogP contribution is -2.52. The van der Waals surface area contributed by atoms with Crippen LogP contribution in [0.25, 0.3) is 0 Å². The van der Waals surface area contributed by atoms with Crippen LogP contribution in [0.4, 0.5) is 0 Å². The number of esters is 1. The van der Waals surface area contributed by atoms with Crippen LogP contribution >= 0.6 is 0 Å². The molecular formula is C26H36N2O3. The number of hydrogen-bond donors (Lipinski definition) is 0. The Morgan fingerprint density at radius 1 is 1.06 bits per heavy atom. The zero-order valence-corrected chi connectivity index (χ0v) is 18.8. The second-order valence-electron chi connectivity index (χ2n) is 11.2. The molecule has 6 atom stereocenters. The van der Waals surface area contributed by atoms with E-state index in [1.54, 1.807) is 0 Å². The molecule has 5 fully saturated rings. The minimum atomic E-state index is 0.0490. The molecule has 5 heteroatoms. The van der Waals surface area contributed by atoms with E-state index in [1.807, 2.05) is 0 Å². The van der Waals surface area contributed by atoms with E-state index in [2.05, 4.69) is 47.1 Å². The summed E-state index contributed by atoms with van der Waals surface area (Å²) >= 11 is 0. The van der Waals surface area contributed by atoms with Gasteiger partial charge >= 0.3 is 5.97 Å². The largest absolute Gasteiger partial charge is 0.462 e. The molecule has 0 N–H and O–H groups in total. The Kier molecular flexibility index (Phi) is 4.93. The van der Waals surface area contributed by atoms with Crippen molar-refractivity contribution in [2.75, 3.05) is 39.3 Å². The molecule has 31 heavy (non-hydrogen) atoms. The van der Waals surface area contributed by atoms with Gasteiger partial charge in [-0.05, 0) is 49.0 Å². The lowest BCUT2D eigenvalue weighted by molar-refractivity contribution is -0.147. The number of carbonyl (C=O) groups is 1. The van der Waals surface area contributed by atoms with Crippen LogP contribution in [-0.2, 0) is 20.8 Å². The van der Waals surface area contributed by atoms with Crippen LogP contribution in [0.15, 0.2) is 30.3 Å². The molecule has 168 valence electrons. The second-order valence-corrected chi connectivity index (χ2v) is 11.2. The van der Waals surface area contributed by atoms with Crippen LogP contribution in [0.3, 0.4) is 0 Å². The lowest BCUT2D eigenvalue weighted by atomic mass is 9.53. The summed E-state index contributed by atoms with van der Waals surface area (Å²) in [7, 11) is 0. The summed E-state index contributed by atoms with van der Waals surface area (Å²) in [4.78, 5) is 18.0. The second kappa shape index (κ2) is 7.57. The molecule has 0 bridgehead atoms. The van der Waals surface area contributed by atoms with E-state index < -0.39 is 0 Å². The molecular weight excluding hydrogens is 388 g/mol. The summed E-state index contributed by atoms with van der Waals surface area (Å²) in [5.74, 6) is 1.10. The maximum absolute atomic E-state index is 12.9. The standard InChI is InChI=1S/C26H36N2O3/c1-25-8-5-9-26(18-30-26)23(25)14-20-21(24(29)31-22(20)15-25)17-28-12-10-27(11-13-28)16-19-6-3-2-4-7-19/h2-4,6-7,20-23H,5,8-18H2,1H3. The van der Waals surface area contributed by atoms with Gasteiger partial charge in [0.1, 0.15) is 6.10 Å². The van der Waals surface area contributed by atoms with Crippen molar-refractivity contribution in [3.05, 3.63) is 35.9 Å². The third-order valence-electron chi connectivity index (χ3n) is 9.25. The van der Waals surface area contributed by atoms with E-state index >= 15 is 0 Å². The third-order valence-corrected chi connectivity index (χ3v) is 9.25. The van der Waals surface area contributed by atoms with Gasteiger partial charge in [-0.25, -0.2) is 0 Å². The van der Waals surface area contributed by atoms with Crippen LogP contribution < -0.4 is 0 Å². The summed E-state index contributed by atoms with van der Waals surface area (Å²) in [6.45, 7) is 9.50. The summed E-state index contributed by atoms with van der Waals surface area (Å²) in [5, 5.41) is 0. The van der Waals surface area contributed by atoms with Gasteiger partial charge in [0.2, 0.25) is 0 Å². The molecule has 1 spiro atoms. The van der Waals surface area contributed by atoms with Crippen LogP contribution in [0.2, 0.25) is 0 Å². The SMILES string of the molecule is CC12CCCC3(CO3)C1CC1C(C2)OC(=O)C1CN1CCN(Cc2ccccc2)CC1. The zero-order valence-electron chi connectivity index (χ0n) is 18.8. The molecule has 2 saturated carbocycles. The van der Waals surface area contributed by atoms with Gasteiger partial charge in [0.25, 0.3) is 0 Å². The first-order valence-corrected chi connectivity index (χ1v) is 12.4.